The Morgan fingerprint density at radius 3 is 1.75 bits per heavy atom. The van der Waals surface area contributed by atoms with Crippen molar-refractivity contribution in [3.8, 4) is 6.07 Å². The second-order valence-electron chi connectivity index (χ2n) is 9.29. The molecule has 0 saturated carbocycles. The highest BCUT2D eigenvalue weighted by Crippen LogP contribution is 2.14. The van der Waals surface area contributed by atoms with Crippen LogP contribution in [0, 0.1) is 11.3 Å². The minimum atomic E-state index is -1.55. The van der Waals surface area contributed by atoms with Gasteiger partial charge in [-0.3, -0.25) is 4.79 Å². The van der Waals surface area contributed by atoms with E-state index in [1.54, 1.807) is 6.92 Å². The van der Waals surface area contributed by atoms with Crippen LogP contribution in [0.4, 0.5) is 0 Å². The van der Waals surface area contributed by atoms with Gasteiger partial charge in [-0.2, -0.15) is 5.26 Å². The van der Waals surface area contributed by atoms with Gasteiger partial charge in [0, 0.05) is 1.37 Å². The Morgan fingerprint density at radius 1 is 0.906 bits per heavy atom. The third-order valence-corrected chi connectivity index (χ3v) is 6.07. The molecule has 0 heterocycles. The average Bonchev–Trinajstić information content (AvgIpc) is 2.78. The number of carboxylic acid groups (broad SMARTS) is 1. The van der Waals surface area contributed by atoms with Crippen LogP contribution in [0.1, 0.15) is 131 Å². The molecule has 32 heavy (non-hydrogen) atoms. The average molecular weight is 453 g/mol. The monoisotopic (exact) mass is 452 g/mol. The number of hydrogen-bond donors (Lipinski definition) is 3. The lowest BCUT2D eigenvalue weighted by atomic mass is 9.98. The van der Waals surface area contributed by atoms with Crippen molar-refractivity contribution in [2.75, 3.05) is 6.54 Å². The van der Waals surface area contributed by atoms with Crippen LogP contribution in [-0.4, -0.2) is 35.1 Å². The van der Waals surface area contributed by atoms with Crippen LogP contribution in [-0.2, 0) is 9.59 Å². The smallest absolute Gasteiger partial charge is 0.330 e. The lowest BCUT2D eigenvalue weighted by molar-refractivity contribution is -0.146. The van der Waals surface area contributed by atoms with Crippen molar-refractivity contribution >= 4 is 11.9 Å². The van der Waals surface area contributed by atoms with E-state index in [1.165, 1.54) is 90.4 Å². The quantitative estimate of drug-likeness (QED) is 0.172. The molecule has 3 N–H and O–H groups in total. The number of nitrogens with one attached hydrogen (secondary N) is 2. The molecule has 0 spiro atoms. The summed E-state index contributed by atoms with van der Waals surface area (Å²) in [7, 11) is 0. The fraction of sp³-hybridized carbons (Fsp3) is 0.885. The number of amides is 1. The minimum absolute atomic E-state index is 0.269. The van der Waals surface area contributed by atoms with E-state index in [0.29, 0.717) is 6.90 Å². The van der Waals surface area contributed by atoms with Crippen molar-refractivity contribution in [1.82, 2.24) is 10.6 Å². The molecular weight excluding hydrogens is 402 g/mol. The molecule has 0 saturated heterocycles. The summed E-state index contributed by atoms with van der Waals surface area (Å²) in [5.41, 5.74) is -1.55. The second kappa shape index (κ2) is 20.0. The Balaban J connectivity index is 3.51. The van der Waals surface area contributed by atoms with E-state index in [-0.39, 0.29) is 6.42 Å². The van der Waals surface area contributed by atoms with Gasteiger partial charge in [-0.1, -0.05) is 103 Å². The fourth-order valence-corrected chi connectivity index (χ4v) is 3.72. The molecule has 6 nitrogen and oxygen atoms in total. The summed E-state index contributed by atoms with van der Waals surface area (Å²) in [5.74, 6) is -1.59. The van der Waals surface area contributed by atoms with E-state index in [9.17, 15) is 14.7 Å². The van der Waals surface area contributed by atoms with Crippen molar-refractivity contribution in [2.24, 2.45) is 0 Å². The number of aliphatic carboxylic acids is 1. The van der Waals surface area contributed by atoms with Crippen molar-refractivity contribution in [2.45, 2.75) is 141 Å². The van der Waals surface area contributed by atoms with E-state index < -0.39 is 23.5 Å². The van der Waals surface area contributed by atoms with Gasteiger partial charge in [-0.15, -0.1) is 0 Å². The number of hydrogen-bond acceptors (Lipinski definition) is 4. The SMILES string of the molecule is [2H]CCCCCCCCCCCCCCCCCCN[C@@H](C)C(=O)N[C@](C)(CC#N)C(=O)O. The highest BCUT2D eigenvalue weighted by Gasteiger charge is 2.35. The highest BCUT2D eigenvalue weighted by molar-refractivity contribution is 5.89. The molecular formula is C26H49N3O3. The van der Waals surface area contributed by atoms with E-state index in [4.69, 9.17) is 6.63 Å². The molecule has 0 rings (SSSR count). The maximum Gasteiger partial charge on any atom is 0.330 e. The first-order valence-corrected chi connectivity index (χ1v) is 12.8. The lowest BCUT2D eigenvalue weighted by Crippen LogP contribution is -2.56. The van der Waals surface area contributed by atoms with E-state index >= 15 is 0 Å². The summed E-state index contributed by atoms with van der Waals surface area (Å²) < 4.78 is 7.13. The molecule has 2 atom stereocenters. The van der Waals surface area contributed by atoms with Crippen LogP contribution in [0.2, 0.25) is 0 Å². The van der Waals surface area contributed by atoms with Crippen LogP contribution >= 0.6 is 0 Å². The summed E-state index contributed by atoms with van der Waals surface area (Å²) in [5, 5.41) is 23.6. The molecule has 0 radical (unpaired) electrons. The number of unbranched alkanes of at least 4 members (excludes halogenated alkanes) is 15. The van der Waals surface area contributed by atoms with Gasteiger partial charge in [-0.25, -0.2) is 4.79 Å². The molecule has 6 heteroatoms. The first kappa shape index (κ1) is 28.4. The summed E-state index contributed by atoms with van der Waals surface area (Å²) in [6, 6.07) is 1.33. The number of nitriles is 1. The maximum atomic E-state index is 12.2. The predicted octanol–water partition coefficient (Wildman–Crippen LogP) is 6.10. The second-order valence-corrected chi connectivity index (χ2v) is 9.29. The topological polar surface area (TPSA) is 102 Å². The van der Waals surface area contributed by atoms with Crippen LogP contribution in [0.3, 0.4) is 0 Å². The number of nitrogens with zero attached hydrogens (tertiary/aromatic N) is 1. The molecule has 0 unspecified atom stereocenters. The Labute approximate surface area is 198 Å². The van der Waals surface area contributed by atoms with Gasteiger partial charge in [0.2, 0.25) is 5.91 Å². The number of rotatable bonds is 22. The van der Waals surface area contributed by atoms with Gasteiger partial charge in [0.15, 0.2) is 0 Å². The Morgan fingerprint density at radius 2 is 1.34 bits per heavy atom. The first-order valence-electron chi connectivity index (χ1n) is 13.5. The van der Waals surface area contributed by atoms with Gasteiger partial charge in [0.1, 0.15) is 5.54 Å². The summed E-state index contributed by atoms with van der Waals surface area (Å²) in [6.07, 6.45) is 20.1. The predicted molar refractivity (Wildman–Crippen MR) is 131 cm³/mol. The lowest BCUT2D eigenvalue weighted by Gasteiger charge is -2.25. The molecule has 0 aliphatic heterocycles. The van der Waals surface area contributed by atoms with Crippen molar-refractivity contribution in [3.63, 3.8) is 0 Å². The zero-order valence-corrected chi connectivity index (χ0v) is 20.7. The fourth-order valence-electron chi connectivity index (χ4n) is 3.72. The van der Waals surface area contributed by atoms with Gasteiger partial charge < -0.3 is 15.7 Å². The van der Waals surface area contributed by atoms with Crippen LogP contribution in [0.25, 0.3) is 0 Å². The maximum absolute atomic E-state index is 12.2. The van der Waals surface area contributed by atoms with Crippen LogP contribution in [0.5, 0.6) is 0 Å². The van der Waals surface area contributed by atoms with E-state index in [2.05, 4.69) is 10.6 Å². The first-order chi connectivity index (χ1) is 15.9. The number of carbonyl (C=O) groups excluding carboxylic acids is 1. The third kappa shape index (κ3) is 16.1. The van der Waals surface area contributed by atoms with Crippen LogP contribution in [0.15, 0.2) is 0 Å². The summed E-state index contributed by atoms with van der Waals surface area (Å²) in [6.45, 7) is 4.38. The standard InChI is InChI=1S/C26H49N3O3/c1-4-5-6-7-8-9-10-11-12-13-14-15-16-17-18-19-22-28-23(2)24(30)29-26(3,20-21-27)25(31)32/h23,28H,4-20,22H2,1-3H3,(H,29,30)(H,31,32)/t23-,26+/m0/s1/i1D. The van der Waals surface area contributed by atoms with E-state index in [1.807, 2.05) is 6.07 Å². The Bertz CT molecular complexity index is 553. The van der Waals surface area contributed by atoms with Gasteiger partial charge >= 0.3 is 5.97 Å². The molecule has 0 aliphatic rings. The summed E-state index contributed by atoms with van der Waals surface area (Å²) >= 11 is 0. The molecule has 1 amide bonds. The van der Waals surface area contributed by atoms with Crippen molar-refractivity contribution < 1.29 is 16.1 Å². The molecule has 0 bridgehead atoms. The minimum Gasteiger partial charge on any atom is -0.479 e. The van der Waals surface area contributed by atoms with Gasteiger partial charge in [0.25, 0.3) is 0 Å². The Kier molecular flexibility index (Phi) is 17.8. The van der Waals surface area contributed by atoms with Gasteiger partial charge in [0.05, 0.1) is 18.5 Å². The summed E-state index contributed by atoms with van der Waals surface area (Å²) in [4.78, 5) is 23.5. The molecule has 0 fully saturated rings. The van der Waals surface area contributed by atoms with Gasteiger partial charge in [-0.05, 0) is 26.8 Å². The van der Waals surface area contributed by atoms with E-state index in [0.717, 1.165) is 25.8 Å². The third-order valence-electron chi connectivity index (χ3n) is 6.07. The number of carbonyl (C=O) groups is 2. The molecule has 186 valence electrons. The zero-order chi connectivity index (χ0) is 24.8. The van der Waals surface area contributed by atoms with Crippen molar-refractivity contribution in [3.05, 3.63) is 0 Å². The largest absolute Gasteiger partial charge is 0.479 e. The molecule has 0 aromatic carbocycles. The molecule has 0 aromatic rings. The molecule has 0 aliphatic carbocycles. The zero-order valence-electron chi connectivity index (χ0n) is 21.7. The Hall–Kier alpha value is -1.61. The normalized spacial score (nSPS) is 14.2. The highest BCUT2D eigenvalue weighted by atomic mass is 16.4. The van der Waals surface area contributed by atoms with Crippen molar-refractivity contribution in [1.29, 1.82) is 5.26 Å². The van der Waals surface area contributed by atoms with Crippen LogP contribution < -0.4 is 10.6 Å². The number of carboxylic acids is 1. The molecule has 0 aromatic heterocycles.